The lowest BCUT2D eigenvalue weighted by atomic mass is 9.86. The molecular weight excluding hydrogens is 216 g/mol. The molecule has 4 heteroatoms. The van der Waals surface area contributed by atoms with Crippen molar-refractivity contribution in [3.05, 3.63) is 18.0 Å². The normalized spacial score (nSPS) is 24.8. The summed E-state index contributed by atoms with van der Waals surface area (Å²) in [4.78, 5) is 10.9. The van der Waals surface area contributed by atoms with E-state index in [1.807, 2.05) is 10.9 Å². The van der Waals surface area contributed by atoms with Crippen LogP contribution in [0.15, 0.2) is 12.4 Å². The molecule has 1 N–H and O–H groups in total. The molecule has 1 aromatic rings. The van der Waals surface area contributed by atoms with Crippen LogP contribution >= 0.6 is 0 Å². The lowest BCUT2D eigenvalue weighted by molar-refractivity contribution is -0.143. The number of aryl methyl sites for hydroxylation is 1. The molecule has 1 aliphatic rings. The van der Waals surface area contributed by atoms with Crippen molar-refractivity contribution in [2.45, 2.75) is 51.5 Å². The third-order valence-corrected chi connectivity index (χ3v) is 3.61. The lowest BCUT2D eigenvalue weighted by Gasteiger charge is -2.26. The number of aliphatic carboxylic acids is 1. The Balaban J connectivity index is 1.93. The molecule has 94 valence electrons. The van der Waals surface area contributed by atoms with Crippen molar-refractivity contribution >= 4 is 5.97 Å². The van der Waals surface area contributed by atoms with E-state index in [-0.39, 0.29) is 5.92 Å². The van der Waals surface area contributed by atoms with Gasteiger partial charge in [-0.2, -0.15) is 5.10 Å². The number of carboxylic acid groups (broad SMARTS) is 1. The van der Waals surface area contributed by atoms with E-state index in [4.69, 9.17) is 5.11 Å². The summed E-state index contributed by atoms with van der Waals surface area (Å²) in [7, 11) is 0. The molecule has 4 nitrogen and oxygen atoms in total. The van der Waals surface area contributed by atoms with Crippen molar-refractivity contribution in [3.63, 3.8) is 0 Å². The van der Waals surface area contributed by atoms with Gasteiger partial charge < -0.3 is 5.11 Å². The Labute approximate surface area is 102 Å². The highest BCUT2D eigenvalue weighted by Gasteiger charge is 2.26. The number of hydrogen-bond donors (Lipinski definition) is 1. The lowest BCUT2D eigenvalue weighted by Crippen LogP contribution is -2.23. The molecule has 17 heavy (non-hydrogen) atoms. The second kappa shape index (κ2) is 5.34. The summed E-state index contributed by atoms with van der Waals surface area (Å²) in [6, 6.07) is 0.399. The maximum absolute atomic E-state index is 10.9. The van der Waals surface area contributed by atoms with Crippen molar-refractivity contribution in [1.29, 1.82) is 0 Å². The Kier molecular flexibility index (Phi) is 3.82. The zero-order valence-corrected chi connectivity index (χ0v) is 10.3. The van der Waals surface area contributed by atoms with E-state index in [2.05, 4.69) is 18.2 Å². The van der Waals surface area contributed by atoms with Gasteiger partial charge in [-0.15, -0.1) is 0 Å². The fraction of sp³-hybridized carbons (Fsp3) is 0.692. The van der Waals surface area contributed by atoms with Gasteiger partial charge in [-0.05, 0) is 37.7 Å². The summed E-state index contributed by atoms with van der Waals surface area (Å²) in [6.07, 6.45) is 9.70. The summed E-state index contributed by atoms with van der Waals surface area (Å²) in [5.74, 6) is -0.785. The van der Waals surface area contributed by atoms with Gasteiger partial charge in [0.15, 0.2) is 0 Å². The van der Waals surface area contributed by atoms with Gasteiger partial charge in [0.1, 0.15) is 0 Å². The van der Waals surface area contributed by atoms with Crippen LogP contribution in [0.4, 0.5) is 0 Å². The Morgan fingerprint density at radius 2 is 2.18 bits per heavy atom. The van der Waals surface area contributed by atoms with Gasteiger partial charge in [-0.1, -0.05) is 13.3 Å². The van der Waals surface area contributed by atoms with E-state index in [0.717, 1.165) is 38.5 Å². The smallest absolute Gasteiger partial charge is 0.306 e. The SMILES string of the molecule is CCCc1cnn(C2CCC(C(=O)O)CC2)c1. The molecule has 1 fully saturated rings. The molecule has 0 aliphatic heterocycles. The Bertz CT molecular complexity index is 379. The predicted molar refractivity (Wildman–Crippen MR) is 64.9 cm³/mol. The predicted octanol–water partition coefficient (Wildman–Crippen LogP) is 2.65. The average Bonchev–Trinajstić information content (AvgIpc) is 2.78. The van der Waals surface area contributed by atoms with Crippen molar-refractivity contribution in [3.8, 4) is 0 Å². The molecule has 1 aliphatic carbocycles. The Hall–Kier alpha value is -1.32. The maximum atomic E-state index is 10.9. The highest BCUT2D eigenvalue weighted by molar-refractivity contribution is 5.70. The topological polar surface area (TPSA) is 55.1 Å². The van der Waals surface area contributed by atoms with Gasteiger partial charge in [0, 0.05) is 6.20 Å². The van der Waals surface area contributed by atoms with Crippen LogP contribution in [0.1, 0.15) is 50.6 Å². The van der Waals surface area contributed by atoms with Gasteiger partial charge in [-0.3, -0.25) is 9.48 Å². The number of carbonyl (C=O) groups is 1. The molecule has 0 bridgehead atoms. The monoisotopic (exact) mass is 236 g/mol. The van der Waals surface area contributed by atoms with Crippen LogP contribution in [-0.2, 0) is 11.2 Å². The van der Waals surface area contributed by atoms with Crippen molar-refractivity contribution < 1.29 is 9.90 Å². The van der Waals surface area contributed by atoms with E-state index in [1.165, 1.54) is 5.56 Å². The summed E-state index contributed by atoms with van der Waals surface area (Å²) in [6.45, 7) is 2.16. The number of nitrogens with zero attached hydrogens (tertiary/aromatic N) is 2. The average molecular weight is 236 g/mol. The summed E-state index contributed by atoms with van der Waals surface area (Å²) in [5, 5.41) is 13.3. The number of rotatable bonds is 4. The molecule has 1 heterocycles. The molecule has 0 aromatic carbocycles. The minimum Gasteiger partial charge on any atom is -0.481 e. The van der Waals surface area contributed by atoms with Gasteiger partial charge in [0.25, 0.3) is 0 Å². The molecule has 0 saturated heterocycles. The fourth-order valence-corrected chi connectivity index (χ4v) is 2.58. The van der Waals surface area contributed by atoms with E-state index in [0.29, 0.717) is 6.04 Å². The molecule has 0 spiro atoms. The molecule has 0 amide bonds. The molecule has 0 atom stereocenters. The molecule has 0 radical (unpaired) electrons. The summed E-state index contributed by atoms with van der Waals surface area (Å²) in [5.41, 5.74) is 1.29. The van der Waals surface area contributed by atoms with Crippen molar-refractivity contribution in [1.82, 2.24) is 9.78 Å². The molecule has 0 unspecified atom stereocenters. The summed E-state index contributed by atoms with van der Waals surface area (Å²) < 4.78 is 2.03. The molecule has 1 aromatic heterocycles. The van der Waals surface area contributed by atoms with E-state index in [1.54, 1.807) is 0 Å². The molecule has 1 saturated carbocycles. The van der Waals surface area contributed by atoms with Gasteiger partial charge in [-0.25, -0.2) is 0 Å². The zero-order chi connectivity index (χ0) is 12.3. The Morgan fingerprint density at radius 3 is 2.76 bits per heavy atom. The van der Waals surface area contributed by atoms with Crippen LogP contribution in [0, 0.1) is 5.92 Å². The number of aromatic nitrogens is 2. The van der Waals surface area contributed by atoms with E-state index < -0.39 is 5.97 Å². The van der Waals surface area contributed by atoms with Gasteiger partial charge >= 0.3 is 5.97 Å². The number of carboxylic acids is 1. The maximum Gasteiger partial charge on any atom is 0.306 e. The second-order valence-electron chi connectivity index (χ2n) is 4.92. The van der Waals surface area contributed by atoms with Gasteiger partial charge in [0.2, 0.25) is 0 Å². The first-order valence-corrected chi connectivity index (χ1v) is 6.46. The van der Waals surface area contributed by atoms with Crippen LogP contribution in [-0.4, -0.2) is 20.9 Å². The minimum absolute atomic E-state index is 0.142. The van der Waals surface area contributed by atoms with Gasteiger partial charge in [0.05, 0.1) is 18.2 Å². The second-order valence-corrected chi connectivity index (χ2v) is 4.92. The highest BCUT2D eigenvalue weighted by atomic mass is 16.4. The third-order valence-electron chi connectivity index (χ3n) is 3.61. The fourth-order valence-electron chi connectivity index (χ4n) is 2.58. The van der Waals surface area contributed by atoms with Crippen LogP contribution in [0.25, 0.3) is 0 Å². The van der Waals surface area contributed by atoms with Crippen LogP contribution in [0.2, 0.25) is 0 Å². The van der Waals surface area contributed by atoms with Crippen molar-refractivity contribution in [2.24, 2.45) is 5.92 Å². The quantitative estimate of drug-likeness (QED) is 0.874. The standard InChI is InChI=1S/C13H20N2O2/c1-2-3-10-8-14-15(9-10)12-6-4-11(5-7-12)13(16)17/h8-9,11-12H,2-7H2,1H3,(H,16,17). The molecule has 2 rings (SSSR count). The first kappa shape index (κ1) is 12.1. The van der Waals surface area contributed by atoms with E-state index >= 15 is 0 Å². The van der Waals surface area contributed by atoms with Crippen LogP contribution in [0.3, 0.4) is 0 Å². The first-order chi connectivity index (χ1) is 8.20. The number of hydrogen-bond acceptors (Lipinski definition) is 2. The minimum atomic E-state index is -0.643. The van der Waals surface area contributed by atoms with E-state index in [9.17, 15) is 4.79 Å². The zero-order valence-electron chi connectivity index (χ0n) is 10.3. The van der Waals surface area contributed by atoms with Crippen molar-refractivity contribution in [2.75, 3.05) is 0 Å². The van der Waals surface area contributed by atoms with Crippen LogP contribution < -0.4 is 0 Å². The van der Waals surface area contributed by atoms with Crippen LogP contribution in [0.5, 0.6) is 0 Å². The third kappa shape index (κ3) is 2.87. The largest absolute Gasteiger partial charge is 0.481 e. The first-order valence-electron chi connectivity index (χ1n) is 6.46. The molecular formula is C13H20N2O2. The highest BCUT2D eigenvalue weighted by Crippen LogP contribution is 2.31. The summed E-state index contributed by atoms with van der Waals surface area (Å²) >= 11 is 0. The Morgan fingerprint density at radius 1 is 1.47 bits per heavy atom.